The Morgan fingerprint density at radius 3 is 2.50 bits per heavy atom. The minimum Gasteiger partial charge on any atom is -0.283 e. The summed E-state index contributed by atoms with van der Waals surface area (Å²) in [6.07, 6.45) is 0.368. The van der Waals surface area contributed by atoms with Crippen LogP contribution in [0.25, 0.3) is 0 Å². The largest absolute Gasteiger partial charge is 0.283 e. The van der Waals surface area contributed by atoms with Crippen molar-refractivity contribution in [2.45, 2.75) is 24.1 Å². The monoisotopic (exact) mass is 179 g/mol. The fraction of sp³-hybridized carbons (Fsp3) is 0.667. The molecule has 0 aliphatic rings. The van der Waals surface area contributed by atoms with Gasteiger partial charge in [-0.05, 0) is 6.42 Å². The average molecular weight is 180 g/mol. The van der Waals surface area contributed by atoms with Gasteiger partial charge in [0.1, 0.15) is 10.4 Å². The highest BCUT2D eigenvalue weighted by Gasteiger charge is 2.24. The van der Waals surface area contributed by atoms with Crippen LogP contribution in [-0.2, 0) is 4.79 Å². The van der Waals surface area contributed by atoms with Gasteiger partial charge in [-0.3, -0.25) is 4.79 Å². The van der Waals surface area contributed by atoms with Gasteiger partial charge in [-0.1, -0.05) is 6.92 Å². The lowest BCUT2D eigenvalue weighted by Crippen LogP contribution is -2.15. The zero-order chi connectivity index (χ0) is 8.20. The van der Waals surface area contributed by atoms with Gasteiger partial charge in [-0.15, -0.1) is 23.2 Å². The lowest BCUT2D eigenvalue weighted by molar-refractivity contribution is -0.114. The van der Waals surface area contributed by atoms with Gasteiger partial charge in [-0.25, -0.2) is 0 Å². The summed E-state index contributed by atoms with van der Waals surface area (Å²) < 4.78 is -1.06. The molecule has 0 aromatic rings. The Bertz CT molecular complexity index is 171. The van der Waals surface area contributed by atoms with Gasteiger partial charge in [0.2, 0.25) is 5.78 Å². The zero-order valence-electron chi connectivity index (χ0n) is 5.53. The van der Waals surface area contributed by atoms with E-state index in [1.807, 2.05) is 0 Å². The highest BCUT2D eigenvalue weighted by molar-refractivity contribution is 6.49. The normalized spacial score (nSPS) is 10.6. The van der Waals surface area contributed by atoms with Crippen LogP contribution in [0.1, 0.15) is 19.8 Å². The Labute approximate surface area is 69.7 Å². The number of hydrogen-bond donors (Lipinski definition) is 0. The minimum absolute atomic E-state index is 0.0941. The summed E-state index contributed by atoms with van der Waals surface area (Å²) in [5.74, 6) is -0.577. The van der Waals surface area contributed by atoms with E-state index >= 15 is 0 Å². The lowest BCUT2D eigenvalue weighted by Gasteiger charge is -2.12. The fourth-order valence-corrected chi connectivity index (χ4v) is 0.642. The quantitative estimate of drug-likeness (QED) is 0.492. The van der Waals surface area contributed by atoms with Gasteiger partial charge in [0, 0.05) is 0 Å². The molecule has 0 amide bonds. The summed E-state index contributed by atoms with van der Waals surface area (Å²) in [7, 11) is 0. The molecule has 0 unspecified atom stereocenters. The van der Waals surface area contributed by atoms with E-state index in [1.54, 1.807) is 6.92 Å². The molecule has 0 saturated carbocycles. The van der Waals surface area contributed by atoms with Crippen molar-refractivity contribution in [3.05, 3.63) is 0 Å². The van der Waals surface area contributed by atoms with Crippen LogP contribution in [0.15, 0.2) is 0 Å². The molecule has 0 saturated heterocycles. The van der Waals surface area contributed by atoms with Crippen molar-refractivity contribution in [3.8, 4) is 6.07 Å². The van der Waals surface area contributed by atoms with Crippen LogP contribution in [0.2, 0.25) is 0 Å². The predicted molar refractivity (Wildman–Crippen MR) is 40.0 cm³/mol. The smallest absolute Gasteiger partial charge is 0.234 e. The van der Waals surface area contributed by atoms with Crippen molar-refractivity contribution < 1.29 is 4.79 Å². The van der Waals surface area contributed by atoms with Gasteiger partial charge in [0.25, 0.3) is 0 Å². The Balaban J connectivity index is 3.91. The molecule has 0 rings (SSSR count). The highest BCUT2D eigenvalue weighted by Crippen LogP contribution is 2.28. The lowest BCUT2D eigenvalue weighted by atomic mass is 10.2. The topological polar surface area (TPSA) is 40.9 Å². The first-order valence-electron chi connectivity index (χ1n) is 2.82. The third-order valence-electron chi connectivity index (χ3n) is 1.06. The molecular formula is C6H7Cl2NO. The van der Waals surface area contributed by atoms with Gasteiger partial charge in [0.05, 0.1) is 6.42 Å². The summed E-state index contributed by atoms with van der Waals surface area (Å²) in [5, 5.41) is 8.08. The third-order valence-corrected chi connectivity index (χ3v) is 1.86. The Hall–Kier alpha value is -0.260. The molecule has 56 valence electrons. The van der Waals surface area contributed by atoms with Crippen LogP contribution in [0, 0.1) is 11.3 Å². The summed E-state index contributed by atoms with van der Waals surface area (Å²) in [6, 6.07) is 1.45. The zero-order valence-corrected chi connectivity index (χ0v) is 7.04. The molecule has 0 atom stereocenters. The Morgan fingerprint density at radius 2 is 2.20 bits per heavy atom. The molecule has 0 bridgehead atoms. The van der Waals surface area contributed by atoms with E-state index in [0.717, 1.165) is 0 Å². The maximum atomic E-state index is 10.5. The number of rotatable bonds is 3. The summed E-state index contributed by atoms with van der Waals surface area (Å²) in [4.78, 5) is 10.5. The fourth-order valence-electron chi connectivity index (χ4n) is 0.399. The second-order valence-electron chi connectivity index (χ2n) is 1.92. The van der Waals surface area contributed by atoms with E-state index in [4.69, 9.17) is 28.5 Å². The number of nitrogens with zero attached hydrogens (tertiary/aromatic N) is 1. The first-order chi connectivity index (χ1) is 4.52. The molecule has 10 heavy (non-hydrogen) atoms. The molecule has 0 fully saturated rings. The number of carbonyl (C=O) groups excluding carboxylic acids is 1. The average Bonchev–Trinajstić information content (AvgIpc) is 1.87. The second kappa shape index (κ2) is 3.80. The van der Waals surface area contributed by atoms with Crippen molar-refractivity contribution in [2.24, 2.45) is 0 Å². The number of carbonyl (C=O) groups is 1. The number of Topliss-reactive ketones (excluding diaryl/α,β-unsaturated/α-hetero) is 1. The van der Waals surface area contributed by atoms with E-state index in [9.17, 15) is 4.79 Å². The standard InChI is InChI=1S/C6H7Cl2NO/c1-2-6(7,8)3-5(10)4-9/h2-3H2,1H3. The molecule has 0 aliphatic heterocycles. The van der Waals surface area contributed by atoms with E-state index < -0.39 is 10.1 Å². The van der Waals surface area contributed by atoms with E-state index in [0.29, 0.717) is 6.42 Å². The van der Waals surface area contributed by atoms with Crippen molar-refractivity contribution in [1.82, 2.24) is 0 Å². The summed E-state index contributed by atoms with van der Waals surface area (Å²) in [5.41, 5.74) is 0. The first kappa shape index (κ1) is 9.74. The molecule has 0 spiro atoms. The van der Waals surface area contributed by atoms with Crippen LogP contribution >= 0.6 is 23.2 Å². The number of alkyl halides is 2. The number of hydrogen-bond acceptors (Lipinski definition) is 2. The minimum atomic E-state index is -1.06. The van der Waals surface area contributed by atoms with Crippen molar-refractivity contribution >= 4 is 29.0 Å². The van der Waals surface area contributed by atoms with Crippen molar-refractivity contribution in [3.63, 3.8) is 0 Å². The van der Waals surface area contributed by atoms with E-state index in [1.165, 1.54) is 6.07 Å². The molecule has 0 N–H and O–H groups in total. The van der Waals surface area contributed by atoms with Crippen LogP contribution in [0.3, 0.4) is 0 Å². The molecular weight excluding hydrogens is 173 g/mol. The van der Waals surface area contributed by atoms with Crippen molar-refractivity contribution in [1.29, 1.82) is 5.26 Å². The van der Waals surface area contributed by atoms with Gasteiger partial charge < -0.3 is 0 Å². The number of nitriles is 1. The maximum absolute atomic E-state index is 10.5. The molecule has 0 aliphatic carbocycles. The molecule has 2 nitrogen and oxygen atoms in total. The highest BCUT2D eigenvalue weighted by atomic mass is 35.5. The third kappa shape index (κ3) is 3.71. The molecule has 4 heteroatoms. The molecule has 0 radical (unpaired) electrons. The van der Waals surface area contributed by atoms with Crippen molar-refractivity contribution in [2.75, 3.05) is 0 Å². The van der Waals surface area contributed by atoms with Crippen LogP contribution in [-0.4, -0.2) is 10.1 Å². The summed E-state index contributed by atoms with van der Waals surface area (Å²) in [6.45, 7) is 1.75. The van der Waals surface area contributed by atoms with Gasteiger partial charge in [0.15, 0.2) is 0 Å². The number of ketones is 1. The van der Waals surface area contributed by atoms with Gasteiger partial charge in [-0.2, -0.15) is 5.26 Å². The Morgan fingerprint density at radius 1 is 1.70 bits per heavy atom. The van der Waals surface area contributed by atoms with Crippen LogP contribution in [0.5, 0.6) is 0 Å². The van der Waals surface area contributed by atoms with Gasteiger partial charge >= 0.3 is 0 Å². The Kier molecular flexibility index (Phi) is 3.70. The van der Waals surface area contributed by atoms with Crippen LogP contribution < -0.4 is 0 Å². The second-order valence-corrected chi connectivity index (χ2v) is 3.56. The SMILES string of the molecule is CCC(Cl)(Cl)CC(=O)C#N. The maximum Gasteiger partial charge on any atom is 0.234 e. The van der Waals surface area contributed by atoms with Crippen LogP contribution in [0.4, 0.5) is 0 Å². The van der Waals surface area contributed by atoms with E-state index in [2.05, 4.69) is 0 Å². The molecule has 0 aromatic carbocycles. The predicted octanol–water partition coefficient (Wildman–Crippen LogP) is 2.05. The molecule has 0 aromatic heterocycles. The summed E-state index contributed by atoms with van der Waals surface area (Å²) >= 11 is 11.2. The molecule has 0 heterocycles. The van der Waals surface area contributed by atoms with E-state index in [-0.39, 0.29) is 6.42 Å². The number of halogens is 2. The first-order valence-corrected chi connectivity index (χ1v) is 3.58.